The molecule has 0 aromatic heterocycles. The standard InChI is InChI=1S/C30H34Cl3N3O5/c31-21-5-3-19(4-6-21)15-25(29(40)41)34-26(37)8-7-24(35-27(38)20-16-22(32)18-23(33)17-20)28(39)36-13-11-30(12-14-36)9-1-2-10-30/h3-6,16-18,24-25H,1-2,7-15H2,(H,34,37)(H,35,38)(H,40,41)/t24-,25?/m1/s1. The van der Waals surface area contributed by atoms with Crippen molar-refractivity contribution >= 4 is 58.5 Å². The second-order valence-electron chi connectivity index (χ2n) is 11.0. The molecule has 2 aromatic rings. The zero-order chi connectivity index (χ0) is 29.6. The van der Waals surface area contributed by atoms with Gasteiger partial charge in [0.15, 0.2) is 0 Å². The van der Waals surface area contributed by atoms with E-state index in [9.17, 15) is 24.3 Å². The van der Waals surface area contributed by atoms with Crippen molar-refractivity contribution in [1.82, 2.24) is 15.5 Å². The molecule has 2 aromatic carbocycles. The number of hydrogen-bond acceptors (Lipinski definition) is 4. The van der Waals surface area contributed by atoms with Gasteiger partial charge in [0.2, 0.25) is 11.8 Å². The summed E-state index contributed by atoms with van der Waals surface area (Å²) in [6, 6.07) is 8.97. The fourth-order valence-corrected chi connectivity index (χ4v) is 6.48. The number of carbonyl (C=O) groups excluding carboxylic acids is 3. The van der Waals surface area contributed by atoms with Crippen molar-refractivity contribution < 1.29 is 24.3 Å². The normalized spacial score (nSPS) is 17.6. The van der Waals surface area contributed by atoms with Crippen LogP contribution in [0.2, 0.25) is 15.1 Å². The van der Waals surface area contributed by atoms with Gasteiger partial charge in [-0.2, -0.15) is 0 Å². The number of amides is 3. The Kier molecular flexibility index (Phi) is 10.6. The number of likely N-dealkylation sites (tertiary alicyclic amines) is 1. The smallest absolute Gasteiger partial charge is 0.326 e. The van der Waals surface area contributed by atoms with Gasteiger partial charge in [0, 0.05) is 46.6 Å². The molecule has 2 fully saturated rings. The van der Waals surface area contributed by atoms with E-state index >= 15 is 0 Å². The van der Waals surface area contributed by atoms with Crippen molar-refractivity contribution in [2.45, 2.75) is 69.9 Å². The lowest BCUT2D eigenvalue weighted by atomic mass is 9.77. The molecule has 1 saturated carbocycles. The number of carboxylic acids is 1. The molecule has 1 spiro atoms. The van der Waals surface area contributed by atoms with E-state index in [0.29, 0.717) is 29.1 Å². The summed E-state index contributed by atoms with van der Waals surface area (Å²) in [5.74, 6) is -2.51. The number of halogens is 3. The van der Waals surface area contributed by atoms with Gasteiger partial charge in [-0.1, -0.05) is 59.8 Å². The number of hydrogen-bond donors (Lipinski definition) is 3. The Morgan fingerprint density at radius 2 is 1.44 bits per heavy atom. The fourth-order valence-electron chi connectivity index (χ4n) is 5.83. The van der Waals surface area contributed by atoms with E-state index in [1.54, 1.807) is 29.2 Å². The van der Waals surface area contributed by atoms with Crippen LogP contribution in [0.25, 0.3) is 0 Å². The van der Waals surface area contributed by atoms with Crippen LogP contribution < -0.4 is 10.6 Å². The molecule has 11 heteroatoms. The summed E-state index contributed by atoms with van der Waals surface area (Å²) in [7, 11) is 0. The molecule has 220 valence electrons. The van der Waals surface area contributed by atoms with E-state index in [-0.39, 0.29) is 40.8 Å². The monoisotopic (exact) mass is 621 g/mol. The molecule has 1 unspecified atom stereocenters. The van der Waals surface area contributed by atoms with E-state index in [0.717, 1.165) is 12.8 Å². The van der Waals surface area contributed by atoms with Gasteiger partial charge in [0.25, 0.3) is 5.91 Å². The molecular weight excluding hydrogens is 589 g/mol. The highest BCUT2D eigenvalue weighted by molar-refractivity contribution is 6.35. The Morgan fingerprint density at radius 1 is 0.829 bits per heavy atom. The third kappa shape index (κ3) is 8.60. The third-order valence-electron chi connectivity index (χ3n) is 8.17. The molecule has 3 amide bonds. The number of aliphatic carboxylic acids is 1. The average molecular weight is 623 g/mol. The molecule has 4 rings (SSSR count). The minimum Gasteiger partial charge on any atom is -0.480 e. The van der Waals surface area contributed by atoms with E-state index in [4.69, 9.17) is 34.8 Å². The topological polar surface area (TPSA) is 116 Å². The molecule has 1 aliphatic carbocycles. The van der Waals surface area contributed by atoms with Crippen LogP contribution in [-0.2, 0) is 20.8 Å². The van der Waals surface area contributed by atoms with Crippen molar-refractivity contribution in [3.05, 3.63) is 68.7 Å². The molecule has 1 aliphatic heterocycles. The first kappa shape index (κ1) is 31.1. The zero-order valence-corrected chi connectivity index (χ0v) is 24.9. The molecule has 1 heterocycles. The number of nitrogens with zero attached hydrogens (tertiary/aromatic N) is 1. The number of carboxylic acid groups (broad SMARTS) is 1. The lowest BCUT2D eigenvalue weighted by molar-refractivity contribution is -0.142. The van der Waals surface area contributed by atoms with Crippen LogP contribution in [0.1, 0.15) is 67.3 Å². The van der Waals surface area contributed by atoms with Crippen LogP contribution in [0.4, 0.5) is 0 Å². The summed E-state index contributed by atoms with van der Waals surface area (Å²) >= 11 is 18.0. The maximum atomic E-state index is 13.6. The lowest BCUT2D eigenvalue weighted by Crippen LogP contribution is -2.52. The summed E-state index contributed by atoms with van der Waals surface area (Å²) in [4.78, 5) is 53.2. The Labute approximate surface area is 254 Å². The second kappa shape index (κ2) is 13.9. The number of piperidine rings is 1. The lowest BCUT2D eigenvalue weighted by Gasteiger charge is -2.40. The van der Waals surface area contributed by atoms with Crippen molar-refractivity contribution in [2.24, 2.45) is 5.41 Å². The van der Waals surface area contributed by atoms with Crippen LogP contribution in [0.3, 0.4) is 0 Å². The molecular formula is C30H34Cl3N3O5. The first-order valence-electron chi connectivity index (χ1n) is 13.9. The predicted octanol–water partition coefficient (Wildman–Crippen LogP) is 5.52. The molecule has 0 bridgehead atoms. The molecule has 8 nitrogen and oxygen atoms in total. The minimum atomic E-state index is -1.18. The van der Waals surface area contributed by atoms with Crippen molar-refractivity contribution in [1.29, 1.82) is 0 Å². The Hall–Kier alpha value is -2.81. The van der Waals surface area contributed by atoms with E-state index in [1.807, 2.05) is 0 Å². The highest BCUT2D eigenvalue weighted by Crippen LogP contribution is 2.46. The van der Waals surface area contributed by atoms with Crippen LogP contribution >= 0.6 is 34.8 Å². The van der Waals surface area contributed by atoms with Crippen LogP contribution in [0, 0.1) is 5.41 Å². The van der Waals surface area contributed by atoms with Gasteiger partial charge in [-0.05, 0) is 73.4 Å². The van der Waals surface area contributed by atoms with Gasteiger partial charge in [0.1, 0.15) is 12.1 Å². The highest BCUT2D eigenvalue weighted by Gasteiger charge is 2.39. The predicted molar refractivity (Wildman–Crippen MR) is 158 cm³/mol. The molecule has 1 saturated heterocycles. The van der Waals surface area contributed by atoms with Crippen LogP contribution in [-0.4, -0.2) is 58.9 Å². The summed E-state index contributed by atoms with van der Waals surface area (Å²) in [5, 5.41) is 16.1. The second-order valence-corrected chi connectivity index (χ2v) is 12.4. The average Bonchev–Trinajstić information content (AvgIpc) is 3.38. The minimum absolute atomic E-state index is 0.000366. The van der Waals surface area contributed by atoms with Gasteiger partial charge in [-0.25, -0.2) is 4.79 Å². The first-order chi connectivity index (χ1) is 19.5. The molecule has 41 heavy (non-hydrogen) atoms. The van der Waals surface area contributed by atoms with Crippen molar-refractivity contribution in [2.75, 3.05) is 13.1 Å². The summed E-state index contributed by atoms with van der Waals surface area (Å²) < 4.78 is 0. The molecule has 2 aliphatic rings. The van der Waals surface area contributed by atoms with Gasteiger partial charge >= 0.3 is 5.97 Å². The van der Waals surface area contributed by atoms with Gasteiger partial charge in [-0.15, -0.1) is 0 Å². The van der Waals surface area contributed by atoms with E-state index in [2.05, 4.69) is 10.6 Å². The van der Waals surface area contributed by atoms with Crippen molar-refractivity contribution in [3.8, 4) is 0 Å². The van der Waals surface area contributed by atoms with E-state index in [1.165, 1.54) is 43.9 Å². The molecule has 0 radical (unpaired) electrons. The Bertz CT molecular complexity index is 1250. The molecule has 3 N–H and O–H groups in total. The number of benzene rings is 2. The summed E-state index contributed by atoms with van der Waals surface area (Å²) in [5.41, 5.74) is 1.21. The Balaban J connectivity index is 1.42. The first-order valence-corrected chi connectivity index (χ1v) is 15.0. The van der Waals surface area contributed by atoms with Crippen molar-refractivity contribution in [3.63, 3.8) is 0 Å². The maximum Gasteiger partial charge on any atom is 0.326 e. The number of rotatable bonds is 10. The zero-order valence-electron chi connectivity index (χ0n) is 22.6. The van der Waals surface area contributed by atoms with Gasteiger partial charge in [0.05, 0.1) is 0 Å². The molecule has 2 atom stereocenters. The van der Waals surface area contributed by atoms with Gasteiger partial charge in [-0.3, -0.25) is 14.4 Å². The summed E-state index contributed by atoms with van der Waals surface area (Å²) in [6.45, 7) is 1.20. The Morgan fingerprint density at radius 3 is 2.02 bits per heavy atom. The van der Waals surface area contributed by atoms with Crippen LogP contribution in [0.15, 0.2) is 42.5 Å². The third-order valence-corrected chi connectivity index (χ3v) is 8.86. The largest absolute Gasteiger partial charge is 0.480 e. The van der Waals surface area contributed by atoms with Gasteiger partial charge < -0.3 is 20.6 Å². The van der Waals surface area contributed by atoms with E-state index < -0.39 is 29.9 Å². The summed E-state index contributed by atoms with van der Waals surface area (Å²) in [6.07, 6.45) is 6.58. The fraction of sp³-hybridized carbons (Fsp3) is 0.467. The van der Waals surface area contributed by atoms with Crippen LogP contribution in [0.5, 0.6) is 0 Å². The quantitative estimate of drug-likeness (QED) is 0.323. The number of nitrogens with one attached hydrogen (secondary N) is 2. The highest BCUT2D eigenvalue weighted by atomic mass is 35.5. The SMILES string of the molecule is O=C(CC[C@@H](NC(=O)c1cc(Cl)cc(Cl)c1)C(=O)N1CCC2(CCCC2)CC1)NC(Cc1ccc(Cl)cc1)C(=O)O. The number of carbonyl (C=O) groups is 4. The maximum absolute atomic E-state index is 13.6.